The Hall–Kier alpha value is -2.37. The highest BCUT2D eigenvalue weighted by molar-refractivity contribution is 5.94. The van der Waals surface area contributed by atoms with E-state index in [2.05, 4.69) is 15.4 Å². The van der Waals surface area contributed by atoms with Gasteiger partial charge in [0.15, 0.2) is 0 Å². The SMILES string of the molecule is Cc1nc(C)n(C(C)C(=O)Nc2ccc(N)cc2C)n1. The number of hydrogen-bond acceptors (Lipinski definition) is 4. The van der Waals surface area contributed by atoms with Crippen molar-refractivity contribution in [2.24, 2.45) is 0 Å². The van der Waals surface area contributed by atoms with Crippen molar-refractivity contribution in [1.29, 1.82) is 0 Å². The van der Waals surface area contributed by atoms with Gasteiger partial charge in [-0.2, -0.15) is 5.10 Å². The smallest absolute Gasteiger partial charge is 0.249 e. The van der Waals surface area contributed by atoms with Gasteiger partial charge < -0.3 is 11.1 Å². The maximum Gasteiger partial charge on any atom is 0.249 e. The van der Waals surface area contributed by atoms with Crippen LogP contribution in [-0.2, 0) is 4.79 Å². The van der Waals surface area contributed by atoms with Crippen LogP contribution in [0.4, 0.5) is 11.4 Å². The lowest BCUT2D eigenvalue weighted by Gasteiger charge is -2.15. The Morgan fingerprint density at radius 3 is 2.60 bits per heavy atom. The molecule has 0 saturated carbocycles. The molecular formula is C14H19N5O. The van der Waals surface area contributed by atoms with Gasteiger partial charge in [0.2, 0.25) is 5.91 Å². The lowest BCUT2D eigenvalue weighted by Crippen LogP contribution is -2.25. The summed E-state index contributed by atoms with van der Waals surface area (Å²) in [6.45, 7) is 7.33. The van der Waals surface area contributed by atoms with E-state index in [1.807, 2.05) is 19.9 Å². The number of hydrogen-bond donors (Lipinski definition) is 2. The standard InChI is InChI=1S/C14H19N5O/c1-8-7-12(15)5-6-13(8)17-14(20)9(2)19-11(4)16-10(3)18-19/h5-7,9H,15H2,1-4H3,(H,17,20). The Labute approximate surface area is 118 Å². The zero-order chi connectivity index (χ0) is 14.9. The minimum atomic E-state index is -0.423. The van der Waals surface area contributed by atoms with Gasteiger partial charge in [-0.05, 0) is 51.5 Å². The summed E-state index contributed by atoms with van der Waals surface area (Å²) in [5, 5.41) is 7.12. The summed E-state index contributed by atoms with van der Waals surface area (Å²) in [6, 6.07) is 4.96. The highest BCUT2D eigenvalue weighted by atomic mass is 16.2. The monoisotopic (exact) mass is 273 g/mol. The van der Waals surface area contributed by atoms with Crippen LogP contribution < -0.4 is 11.1 Å². The first-order valence-corrected chi connectivity index (χ1v) is 6.45. The van der Waals surface area contributed by atoms with E-state index in [1.54, 1.807) is 30.7 Å². The topological polar surface area (TPSA) is 85.8 Å². The molecule has 0 aliphatic rings. The van der Waals surface area contributed by atoms with E-state index in [4.69, 9.17) is 5.73 Å². The fraction of sp³-hybridized carbons (Fsp3) is 0.357. The number of rotatable bonds is 3. The van der Waals surface area contributed by atoms with Gasteiger partial charge >= 0.3 is 0 Å². The average molecular weight is 273 g/mol. The Morgan fingerprint density at radius 2 is 2.05 bits per heavy atom. The van der Waals surface area contributed by atoms with Crippen molar-refractivity contribution in [2.75, 3.05) is 11.1 Å². The highest BCUT2D eigenvalue weighted by Gasteiger charge is 2.19. The predicted octanol–water partition coefficient (Wildman–Crippen LogP) is 1.99. The fourth-order valence-corrected chi connectivity index (χ4v) is 2.08. The number of nitrogens with two attached hydrogens (primary N) is 1. The van der Waals surface area contributed by atoms with Crippen LogP contribution in [-0.4, -0.2) is 20.7 Å². The molecule has 1 atom stereocenters. The third-order valence-corrected chi connectivity index (χ3v) is 3.16. The molecule has 0 aliphatic carbocycles. The first-order chi connectivity index (χ1) is 9.38. The molecule has 3 N–H and O–H groups in total. The molecule has 106 valence electrons. The molecule has 0 spiro atoms. The number of carbonyl (C=O) groups is 1. The van der Waals surface area contributed by atoms with Crippen LogP contribution in [0, 0.1) is 20.8 Å². The Bertz CT molecular complexity index is 647. The maximum absolute atomic E-state index is 12.3. The summed E-state index contributed by atoms with van der Waals surface area (Å²) in [4.78, 5) is 16.5. The molecule has 1 unspecified atom stereocenters. The second-order valence-electron chi connectivity index (χ2n) is 4.89. The van der Waals surface area contributed by atoms with Gasteiger partial charge in [0, 0.05) is 11.4 Å². The second-order valence-corrected chi connectivity index (χ2v) is 4.89. The van der Waals surface area contributed by atoms with Gasteiger partial charge in [-0.15, -0.1) is 0 Å². The molecule has 1 heterocycles. The van der Waals surface area contributed by atoms with Gasteiger partial charge in [-0.1, -0.05) is 0 Å². The number of amides is 1. The van der Waals surface area contributed by atoms with Crippen LogP contribution in [0.1, 0.15) is 30.2 Å². The number of benzene rings is 1. The molecule has 2 rings (SSSR count). The number of aryl methyl sites for hydroxylation is 3. The van der Waals surface area contributed by atoms with Crippen LogP contribution in [0.5, 0.6) is 0 Å². The zero-order valence-corrected chi connectivity index (χ0v) is 12.1. The van der Waals surface area contributed by atoms with Crippen molar-refractivity contribution in [2.45, 2.75) is 33.7 Å². The molecule has 6 nitrogen and oxygen atoms in total. The van der Waals surface area contributed by atoms with Gasteiger partial charge in [0.1, 0.15) is 17.7 Å². The van der Waals surface area contributed by atoms with Crippen molar-refractivity contribution in [1.82, 2.24) is 14.8 Å². The maximum atomic E-state index is 12.3. The molecule has 0 aliphatic heterocycles. The van der Waals surface area contributed by atoms with Crippen LogP contribution in [0.15, 0.2) is 18.2 Å². The summed E-state index contributed by atoms with van der Waals surface area (Å²) in [7, 11) is 0. The summed E-state index contributed by atoms with van der Waals surface area (Å²) >= 11 is 0. The Balaban J connectivity index is 2.17. The molecule has 6 heteroatoms. The average Bonchev–Trinajstić information content (AvgIpc) is 2.71. The van der Waals surface area contributed by atoms with E-state index in [1.165, 1.54) is 0 Å². The Morgan fingerprint density at radius 1 is 1.35 bits per heavy atom. The molecule has 0 fully saturated rings. The molecule has 0 radical (unpaired) electrons. The molecule has 1 aromatic carbocycles. The van der Waals surface area contributed by atoms with Crippen molar-refractivity contribution in [3.05, 3.63) is 35.4 Å². The molecule has 0 bridgehead atoms. The predicted molar refractivity (Wildman–Crippen MR) is 78.4 cm³/mol. The van der Waals surface area contributed by atoms with Crippen LogP contribution in [0.25, 0.3) is 0 Å². The van der Waals surface area contributed by atoms with Crippen LogP contribution in [0.2, 0.25) is 0 Å². The molecule has 20 heavy (non-hydrogen) atoms. The zero-order valence-electron chi connectivity index (χ0n) is 12.1. The minimum Gasteiger partial charge on any atom is -0.399 e. The van der Waals surface area contributed by atoms with E-state index < -0.39 is 6.04 Å². The van der Waals surface area contributed by atoms with Gasteiger partial charge in [0.25, 0.3) is 0 Å². The second kappa shape index (κ2) is 5.32. The first kappa shape index (κ1) is 14.0. The van der Waals surface area contributed by atoms with Crippen LogP contribution >= 0.6 is 0 Å². The van der Waals surface area contributed by atoms with Gasteiger partial charge in [-0.25, -0.2) is 9.67 Å². The van der Waals surface area contributed by atoms with Crippen LogP contribution in [0.3, 0.4) is 0 Å². The molecule has 2 aromatic rings. The lowest BCUT2D eigenvalue weighted by atomic mass is 10.1. The van der Waals surface area contributed by atoms with E-state index >= 15 is 0 Å². The third-order valence-electron chi connectivity index (χ3n) is 3.16. The van der Waals surface area contributed by atoms with Crippen molar-refractivity contribution >= 4 is 17.3 Å². The molecule has 1 aromatic heterocycles. The van der Waals surface area contributed by atoms with Crippen molar-refractivity contribution < 1.29 is 4.79 Å². The van der Waals surface area contributed by atoms with E-state index in [0.717, 1.165) is 17.1 Å². The number of nitrogens with zero attached hydrogens (tertiary/aromatic N) is 3. The Kier molecular flexibility index (Phi) is 3.74. The van der Waals surface area contributed by atoms with E-state index in [9.17, 15) is 4.79 Å². The molecule has 1 amide bonds. The van der Waals surface area contributed by atoms with Crippen molar-refractivity contribution in [3.63, 3.8) is 0 Å². The number of aromatic nitrogens is 3. The first-order valence-electron chi connectivity index (χ1n) is 6.45. The highest BCUT2D eigenvalue weighted by Crippen LogP contribution is 2.19. The quantitative estimate of drug-likeness (QED) is 0.837. The molecule has 0 saturated heterocycles. The van der Waals surface area contributed by atoms with Gasteiger partial charge in [-0.3, -0.25) is 4.79 Å². The summed E-state index contributed by atoms with van der Waals surface area (Å²) in [6.07, 6.45) is 0. The number of anilines is 2. The van der Waals surface area contributed by atoms with Crippen molar-refractivity contribution in [3.8, 4) is 0 Å². The number of nitrogens with one attached hydrogen (secondary N) is 1. The molecular weight excluding hydrogens is 254 g/mol. The van der Waals surface area contributed by atoms with E-state index in [-0.39, 0.29) is 5.91 Å². The van der Waals surface area contributed by atoms with E-state index in [0.29, 0.717) is 11.5 Å². The number of carbonyl (C=O) groups excluding carboxylic acids is 1. The summed E-state index contributed by atoms with van der Waals surface area (Å²) in [5.74, 6) is 1.25. The fourth-order valence-electron chi connectivity index (χ4n) is 2.08. The van der Waals surface area contributed by atoms with Gasteiger partial charge in [0.05, 0.1) is 0 Å². The number of nitrogen functional groups attached to an aromatic ring is 1. The largest absolute Gasteiger partial charge is 0.399 e. The lowest BCUT2D eigenvalue weighted by molar-refractivity contribution is -0.119. The summed E-state index contributed by atoms with van der Waals surface area (Å²) < 4.78 is 1.62. The third kappa shape index (κ3) is 2.79. The minimum absolute atomic E-state index is 0.133. The summed E-state index contributed by atoms with van der Waals surface area (Å²) in [5.41, 5.74) is 8.06. The normalized spacial score (nSPS) is 12.2.